The zero-order valence-corrected chi connectivity index (χ0v) is 6.45. The third kappa shape index (κ3) is 2.22. The van der Waals surface area contributed by atoms with E-state index in [2.05, 4.69) is 18.0 Å². The Kier molecular flexibility index (Phi) is 2.84. The topological polar surface area (TPSA) is 12.4 Å². The first-order valence-electron chi connectivity index (χ1n) is 3.29. The van der Waals surface area contributed by atoms with Gasteiger partial charge in [-0.2, -0.15) is 0 Å². The molecule has 50 valence electrons. The fourth-order valence-electron chi connectivity index (χ4n) is 0.733. The lowest BCUT2D eigenvalue weighted by Crippen LogP contribution is -1.84. The van der Waals surface area contributed by atoms with Gasteiger partial charge in [0.1, 0.15) is 0 Å². The van der Waals surface area contributed by atoms with E-state index in [1.54, 1.807) is 0 Å². The number of nitrogens with zero attached hydrogens (tertiary/aromatic N) is 1. The van der Waals surface area contributed by atoms with Gasteiger partial charge in [0.15, 0.2) is 0 Å². The second kappa shape index (κ2) is 3.72. The summed E-state index contributed by atoms with van der Waals surface area (Å²) in [5, 5.41) is 1.20. The summed E-state index contributed by atoms with van der Waals surface area (Å²) in [6.45, 7) is 2.15. The summed E-state index contributed by atoms with van der Waals surface area (Å²) in [4.78, 5) is 4.22. The Hall–Kier alpha value is -0.240. The third-order valence-electron chi connectivity index (χ3n) is 1.13. The second-order valence-corrected chi connectivity index (χ2v) is 3.15. The number of allylic oxidation sites excluding steroid dienone is 1. The molecule has 0 saturated heterocycles. The molecule has 0 N–H and O–H groups in total. The van der Waals surface area contributed by atoms with Gasteiger partial charge in [-0.25, -0.2) is 0 Å². The lowest BCUT2D eigenvalue weighted by Gasteiger charge is -2.01. The molecule has 0 aliphatic carbocycles. The summed E-state index contributed by atoms with van der Waals surface area (Å²) in [6, 6.07) is 0. The summed E-state index contributed by atoms with van der Waals surface area (Å²) in [5.74, 6) is 1.13. The third-order valence-corrected chi connectivity index (χ3v) is 1.98. The molecule has 0 unspecified atom stereocenters. The van der Waals surface area contributed by atoms with Gasteiger partial charge in [0.2, 0.25) is 0 Å². The van der Waals surface area contributed by atoms with Crippen LogP contribution in [0.15, 0.2) is 16.1 Å². The zero-order chi connectivity index (χ0) is 6.53. The van der Waals surface area contributed by atoms with E-state index >= 15 is 0 Å². The first-order chi connectivity index (χ1) is 4.43. The van der Waals surface area contributed by atoms with E-state index in [0.717, 1.165) is 12.2 Å². The molecule has 0 fully saturated rings. The number of hydrogen-bond donors (Lipinski definition) is 0. The Labute approximate surface area is 60.3 Å². The van der Waals surface area contributed by atoms with Crippen molar-refractivity contribution >= 4 is 18.0 Å². The van der Waals surface area contributed by atoms with E-state index in [4.69, 9.17) is 0 Å². The smallest absolute Gasteiger partial charge is 0.0915 e. The van der Waals surface area contributed by atoms with Crippen LogP contribution in [0.4, 0.5) is 0 Å². The highest BCUT2D eigenvalue weighted by atomic mass is 32.2. The predicted molar refractivity (Wildman–Crippen MR) is 43.9 cm³/mol. The molecular weight excluding hydrogens is 130 g/mol. The largest absolute Gasteiger partial charge is 0.255 e. The van der Waals surface area contributed by atoms with Gasteiger partial charge in [-0.1, -0.05) is 13.0 Å². The highest BCUT2D eigenvalue weighted by molar-refractivity contribution is 8.03. The molecule has 0 aromatic heterocycles. The molecule has 0 aromatic rings. The maximum Gasteiger partial charge on any atom is 0.0915 e. The maximum absolute atomic E-state index is 4.22. The minimum atomic E-state index is 1.12. The van der Waals surface area contributed by atoms with Crippen LogP contribution in [-0.4, -0.2) is 12.0 Å². The van der Waals surface area contributed by atoms with Crippen LogP contribution in [0.25, 0.3) is 0 Å². The van der Waals surface area contributed by atoms with E-state index in [1.165, 1.54) is 11.4 Å². The van der Waals surface area contributed by atoms with Crippen LogP contribution in [0, 0.1) is 0 Å². The van der Waals surface area contributed by atoms with Crippen molar-refractivity contribution in [2.75, 3.05) is 5.75 Å². The normalized spacial score (nSPS) is 17.7. The molecule has 0 spiro atoms. The van der Waals surface area contributed by atoms with Crippen LogP contribution < -0.4 is 0 Å². The maximum atomic E-state index is 4.22. The van der Waals surface area contributed by atoms with Crippen LogP contribution in [0.3, 0.4) is 0 Å². The number of rotatable bonds is 2. The first-order valence-corrected chi connectivity index (χ1v) is 4.27. The van der Waals surface area contributed by atoms with Gasteiger partial charge in [-0.3, -0.25) is 4.99 Å². The second-order valence-electron chi connectivity index (χ2n) is 1.86. The summed E-state index contributed by atoms with van der Waals surface area (Å²) in [7, 11) is 0. The minimum Gasteiger partial charge on any atom is -0.255 e. The molecule has 2 heteroatoms. The minimum absolute atomic E-state index is 1.12. The quantitative estimate of drug-likeness (QED) is 0.575. The van der Waals surface area contributed by atoms with Crippen molar-refractivity contribution in [1.82, 2.24) is 0 Å². The molecule has 0 amide bonds. The summed E-state index contributed by atoms with van der Waals surface area (Å²) in [5.41, 5.74) is 0. The number of hydrogen-bond acceptors (Lipinski definition) is 2. The van der Waals surface area contributed by atoms with Gasteiger partial charge in [-0.05, 0) is 18.6 Å². The lowest BCUT2D eigenvalue weighted by atomic mass is 10.3. The highest BCUT2D eigenvalue weighted by Gasteiger charge is 1.95. The van der Waals surface area contributed by atoms with Crippen LogP contribution in [0.5, 0.6) is 0 Å². The Morgan fingerprint density at radius 2 is 2.56 bits per heavy atom. The van der Waals surface area contributed by atoms with Gasteiger partial charge in [0.25, 0.3) is 0 Å². The monoisotopic (exact) mass is 141 g/mol. The van der Waals surface area contributed by atoms with E-state index in [1.807, 2.05) is 18.0 Å². The van der Waals surface area contributed by atoms with E-state index in [0.29, 0.717) is 0 Å². The highest BCUT2D eigenvalue weighted by Crippen LogP contribution is 2.19. The average Bonchev–Trinajstić information content (AvgIpc) is 1.91. The van der Waals surface area contributed by atoms with Gasteiger partial charge >= 0.3 is 0 Å². The van der Waals surface area contributed by atoms with Gasteiger partial charge in [-0.15, -0.1) is 11.8 Å². The fourth-order valence-corrected chi connectivity index (χ4v) is 1.41. The SMILES string of the molecule is CCSC1=CCCC=N1. The first kappa shape index (κ1) is 6.87. The van der Waals surface area contributed by atoms with Crippen LogP contribution in [0.2, 0.25) is 0 Å². The van der Waals surface area contributed by atoms with Crippen LogP contribution in [-0.2, 0) is 0 Å². The van der Waals surface area contributed by atoms with E-state index < -0.39 is 0 Å². The fraction of sp³-hybridized carbons (Fsp3) is 0.571. The average molecular weight is 141 g/mol. The Morgan fingerprint density at radius 1 is 1.67 bits per heavy atom. The standard InChI is InChI=1S/C7H11NS/c1-2-9-7-5-3-4-6-8-7/h5-6H,2-4H2,1H3. The van der Waals surface area contributed by atoms with Crippen molar-refractivity contribution in [1.29, 1.82) is 0 Å². The van der Waals surface area contributed by atoms with E-state index in [-0.39, 0.29) is 0 Å². The molecule has 1 heterocycles. The summed E-state index contributed by atoms with van der Waals surface area (Å²) >= 11 is 1.82. The van der Waals surface area contributed by atoms with Gasteiger partial charge < -0.3 is 0 Å². The predicted octanol–water partition coefficient (Wildman–Crippen LogP) is 2.45. The molecular formula is C7H11NS. The Morgan fingerprint density at radius 3 is 3.11 bits per heavy atom. The molecule has 1 aliphatic heterocycles. The van der Waals surface area contributed by atoms with Gasteiger partial charge in [0.05, 0.1) is 5.03 Å². The molecule has 1 nitrogen and oxygen atoms in total. The van der Waals surface area contributed by atoms with Gasteiger partial charge in [0, 0.05) is 6.21 Å². The molecule has 0 bridgehead atoms. The Balaban J connectivity index is 2.38. The molecule has 0 radical (unpaired) electrons. The van der Waals surface area contributed by atoms with Crippen molar-refractivity contribution < 1.29 is 0 Å². The number of aliphatic imine (C=N–C) groups is 1. The molecule has 1 rings (SSSR count). The summed E-state index contributed by atoms with van der Waals surface area (Å²) in [6.07, 6.45) is 6.49. The number of thioether (sulfide) groups is 1. The Bertz CT molecular complexity index is 138. The zero-order valence-electron chi connectivity index (χ0n) is 5.63. The van der Waals surface area contributed by atoms with Crippen molar-refractivity contribution in [3.05, 3.63) is 11.1 Å². The van der Waals surface area contributed by atoms with Crippen LogP contribution in [0.1, 0.15) is 19.8 Å². The van der Waals surface area contributed by atoms with Crippen LogP contribution >= 0.6 is 11.8 Å². The molecule has 1 aliphatic rings. The van der Waals surface area contributed by atoms with Crippen molar-refractivity contribution in [2.45, 2.75) is 19.8 Å². The lowest BCUT2D eigenvalue weighted by molar-refractivity contribution is 1.08. The molecule has 9 heavy (non-hydrogen) atoms. The van der Waals surface area contributed by atoms with E-state index in [9.17, 15) is 0 Å². The molecule has 0 saturated carbocycles. The molecule has 0 aromatic carbocycles. The van der Waals surface area contributed by atoms with Crippen molar-refractivity contribution in [3.8, 4) is 0 Å². The van der Waals surface area contributed by atoms with Crippen molar-refractivity contribution in [2.24, 2.45) is 4.99 Å². The molecule has 0 atom stereocenters. The summed E-state index contributed by atoms with van der Waals surface area (Å²) < 4.78 is 0. The van der Waals surface area contributed by atoms with Crippen molar-refractivity contribution in [3.63, 3.8) is 0 Å².